The topological polar surface area (TPSA) is 101 Å². The summed E-state index contributed by atoms with van der Waals surface area (Å²) < 4.78 is 46.1. The number of aliphatic hydroxyl groups is 1. The molecule has 4 rings (SSSR count). The molecule has 0 spiro atoms. The zero-order chi connectivity index (χ0) is 24.5. The van der Waals surface area contributed by atoms with Gasteiger partial charge in [-0.1, -0.05) is 6.07 Å². The second kappa shape index (κ2) is 9.22. The van der Waals surface area contributed by atoms with Crippen molar-refractivity contribution >= 4 is 22.5 Å². The zero-order valence-corrected chi connectivity index (χ0v) is 18.8. The molecular weight excluding hydrogens is 451 g/mol. The van der Waals surface area contributed by atoms with Gasteiger partial charge in [0.2, 0.25) is 0 Å². The van der Waals surface area contributed by atoms with Gasteiger partial charge in [-0.25, -0.2) is 4.98 Å². The number of hydrogen-bond donors (Lipinski definition) is 3. The van der Waals surface area contributed by atoms with Crippen LogP contribution in [-0.2, 0) is 6.18 Å². The summed E-state index contributed by atoms with van der Waals surface area (Å²) in [4.78, 5) is 16.0. The van der Waals surface area contributed by atoms with Gasteiger partial charge in [0.15, 0.2) is 0 Å². The quantitative estimate of drug-likeness (QED) is 0.500. The largest absolute Gasteiger partial charge is 0.494 e. The summed E-state index contributed by atoms with van der Waals surface area (Å²) in [5.41, 5.74) is -1.26. The van der Waals surface area contributed by atoms with Crippen LogP contribution in [0.25, 0.3) is 10.9 Å². The summed E-state index contributed by atoms with van der Waals surface area (Å²) in [6.45, 7) is 0.543. The minimum atomic E-state index is -4.65. The molecule has 1 fully saturated rings. The second-order valence-electron chi connectivity index (χ2n) is 8.57. The Balaban J connectivity index is 1.56. The smallest absolute Gasteiger partial charge is 0.433 e. The molecule has 34 heavy (non-hydrogen) atoms. The van der Waals surface area contributed by atoms with Gasteiger partial charge in [-0.3, -0.25) is 9.48 Å². The summed E-state index contributed by atoms with van der Waals surface area (Å²) in [5, 5.41) is 21.6. The van der Waals surface area contributed by atoms with Crippen LogP contribution < -0.4 is 15.4 Å². The van der Waals surface area contributed by atoms with Crippen molar-refractivity contribution in [2.75, 3.05) is 26.0 Å². The monoisotopic (exact) mass is 477 g/mol. The SMILES string of the molecule is CNCC1(O)CCC(n2cc3cc(NC(=O)c4cccc(C(F)(F)F)n4)c(OC)cc3n2)CC1. The minimum Gasteiger partial charge on any atom is -0.494 e. The second-order valence-corrected chi connectivity index (χ2v) is 8.57. The van der Waals surface area contributed by atoms with Gasteiger partial charge in [0.1, 0.15) is 17.1 Å². The lowest BCUT2D eigenvalue weighted by Crippen LogP contribution is -2.42. The van der Waals surface area contributed by atoms with Crippen molar-refractivity contribution in [2.45, 2.75) is 43.5 Å². The van der Waals surface area contributed by atoms with Gasteiger partial charge in [-0.05, 0) is 50.9 Å². The Bertz CT molecular complexity index is 1190. The first kappa shape index (κ1) is 24.0. The zero-order valence-electron chi connectivity index (χ0n) is 18.8. The number of hydrogen-bond acceptors (Lipinski definition) is 6. The van der Waals surface area contributed by atoms with Crippen molar-refractivity contribution in [3.8, 4) is 5.75 Å². The van der Waals surface area contributed by atoms with E-state index >= 15 is 0 Å². The number of methoxy groups -OCH3 is 1. The normalized spacial score (nSPS) is 20.9. The van der Waals surface area contributed by atoms with E-state index in [0.717, 1.165) is 30.4 Å². The van der Waals surface area contributed by atoms with Gasteiger partial charge in [0.05, 0.1) is 30.0 Å². The number of aromatic nitrogens is 3. The molecule has 2 heterocycles. The molecule has 0 bridgehead atoms. The summed E-state index contributed by atoms with van der Waals surface area (Å²) in [6, 6.07) is 6.62. The standard InChI is InChI=1S/C23H26F3N5O3/c1-27-13-22(33)8-6-15(7-9-22)31-12-14-10-18(19(34-2)11-17(14)30-31)29-21(32)16-4-3-5-20(28-16)23(24,25)26/h3-5,10-12,15,27,33H,6-9,13H2,1-2H3,(H,29,32). The maximum atomic E-state index is 12.9. The maximum absolute atomic E-state index is 12.9. The van der Waals surface area contributed by atoms with Crippen LogP contribution in [0.4, 0.5) is 18.9 Å². The van der Waals surface area contributed by atoms with Crippen LogP contribution in [0.5, 0.6) is 5.75 Å². The van der Waals surface area contributed by atoms with E-state index in [4.69, 9.17) is 4.74 Å². The molecule has 1 aromatic carbocycles. The summed E-state index contributed by atoms with van der Waals surface area (Å²) in [6.07, 6.45) is 0.0677. The molecule has 0 aliphatic heterocycles. The number of nitrogens with one attached hydrogen (secondary N) is 2. The van der Waals surface area contributed by atoms with E-state index in [2.05, 4.69) is 20.7 Å². The van der Waals surface area contributed by atoms with Crippen LogP contribution in [0.15, 0.2) is 36.5 Å². The maximum Gasteiger partial charge on any atom is 0.433 e. The van der Waals surface area contributed by atoms with Crippen molar-refractivity contribution < 1.29 is 27.8 Å². The van der Waals surface area contributed by atoms with Crippen LogP contribution in [0.2, 0.25) is 0 Å². The number of fused-ring (bicyclic) bond motifs is 1. The highest BCUT2D eigenvalue weighted by molar-refractivity contribution is 6.05. The summed E-state index contributed by atoms with van der Waals surface area (Å²) in [5.74, 6) is -0.461. The van der Waals surface area contributed by atoms with Gasteiger partial charge in [-0.2, -0.15) is 18.3 Å². The van der Waals surface area contributed by atoms with Crippen LogP contribution in [-0.4, -0.2) is 52.1 Å². The van der Waals surface area contributed by atoms with Crippen molar-refractivity contribution in [3.63, 3.8) is 0 Å². The van der Waals surface area contributed by atoms with E-state index in [1.165, 1.54) is 13.2 Å². The molecule has 0 atom stereocenters. The third kappa shape index (κ3) is 5.00. The molecular formula is C23H26F3N5O3. The molecule has 8 nitrogen and oxygen atoms in total. The van der Waals surface area contributed by atoms with Gasteiger partial charge in [0.25, 0.3) is 5.91 Å². The fourth-order valence-corrected chi connectivity index (χ4v) is 4.34. The molecule has 0 radical (unpaired) electrons. The molecule has 3 aromatic rings. The number of halogens is 3. The Morgan fingerprint density at radius 2 is 2.03 bits per heavy atom. The Kier molecular flexibility index (Phi) is 6.50. The predicted octanol–water partition coefficient (Wildman–Crippen LogP) is 3.78. The highest BCUT2D eigenvalue weighted by Gasteiger charge is 2.34. The number of carbonyl (C=O) groups excluding carboxylic acids is 1. The lowest BCUT2D eigenvalue weighted by atomic mass is 9.82. The summed E-state index contributed by atoms with van der Waals surface area (Å²) in [7, 11) is 3.25. The molecule has 1 aliphatic carbocycles. The minimum absolute atomic E-state index is 0.128. The van der Waals surface area contributed by atoms with Crippen LogP contribution in [0.3, 0.4) is 0 Å². The molecule has 2 aromatic heterocycles. The Morgan fingerprint density at radius 1 is 1.29 bits per heavy atom. The fourth-order valence-electron chi connectivity index (χ4n) is 4.34. The molecule has 1 saturated carbocycles. The average molecular weight is 477 g/mol. The number of rotatable bonds is 6. The van der Waals surface area contributed by atoms with E-state index in [1.54, 1.807) is 12.1 Å². The lowest BCUT2D eigenvalue weighted by Gasteiger charge is -2.35. The Morgan fingerprint density at radius 3 is 2.68 bits per heavy atom. The highest BCUT2D eigenvalue weighted by atomic mass is 19.4. The number of benzene rings is 1. The van der Waals surface area contributed by atoms with E-state index in [9.17, 15) is 23.1 Å². The average Bonchev–Trinajstić information content (AvgIpc) is 3.21. The number of alkyl halides is 3. The third-order valence-corrected chi connectivity index (χ3v) is 6.13. The molecule has 0 unspecified atom stereocenters. The van der Waals surface area contributed by atoms with E-state index in [0.29, 0.717) is 36.3 Å². The molecule has 3 N–H and O–H groups in total. The van der Waals surface area contributed by atoms with Gasteiger partial charge < -0.3 is 20.5 Å². The van der Waals surface area contributed by atoms with Gasteiger partial charge in [0, 0.05) is 24.2 Å². The van der Waals surface area contributed by atoms with Crippen LogP contribution >= 0.6 is 0 Å². The lowest BCUT2D eigenvalue weighted by molar-refractivity contribution is -0.141. The van der Waals surface area contributed by atoms with Crippen LogP contribution in [0, 0.1) is 0 Å². The van der Waals surface area contributed by atoms with E-state index < -0.39 is 23.4 Å². The number of pyridine rings is 1. The fraction of sp³-hybridized carbons (Fsp3) is 0.435. The molecule has 11 heteroatoms. The predicted molar refractivity (Wildman–Crippen MR) is 120 cm³/mol. The van der Waals surface area contributed by atoms with E-state index in [-0.39, 0.29) is 11.7 Å². The Hall–Kier alpha value is -3.18. The molecule has 0 saturated heterocycles. The van der Waals surface area contributed by atoms with Gasteiger partial charge >= 0.3 is 6.18 Å². The molecule has 1 amide bonds. The van der Waals surface area contributed by atoms with Crippen molar-refractivity contribution in [1.82, 2.24) is 20.1 Å². The number of likely N-dealkylation sites (N-methyl/N-ethyl adjacent to an activating group) is 1. The van der Waals surface area contributed by atoms with Crippen molar-refractivity contribution in [2.24, 2.45) is 0 Å². The highest BCUT2D eigenvalue weighted by Crippen LogP contribution is 2.36. The number of nitrogens with zero attached hydrogens (tertiary/aromatic N) is 3. The molecule has 1 aliphatic rings. The number of anilines is 1. The number of amides is 1. The number of carbonyl (C=O) groups is 1. The first-order valence-electron chi connectivity index (χ1n) is 10.9. The molecule has 182 valence electrons. The summed E-state index contributed by atoms with van der Waals surface area (Å²) >= 11 is 0. The van der Waals surface area contributed by atoms with Crippen LogP contribution in [0.1, 0.15) is 47.9 Å². The Labute approximate surface area is 194 Å². The first-order chi connectivity index (χ1) is 16.1. The third-order valence-electron chi connectivity index (χ3n) is 6.13. The van der Waals surface area contributed by atoms with Crippen molar-refractivity contribution in [1.29, 1.82) is 0 Å². The van der Waals surface area contributed by atoms with Crippen molar-refractivity contribution in [3.05, 3.63) is 47.9 Å². The van der Waals surface area contributed by atoms with Gasteiger partial charge in [-0.15, -0.1) is 0 Å². The first-order valence-corrected chi connectivity index (χ1v) is 10.9. The van der Waals surface area contributed by atoms with E-state index in [1.807, 2.05) is 17.9 Å². The number of ether oxygens (including phenoxy) is 1.